The van der Waals surface area contributed by atoms with Gasteiger partial charge in [-0.15, -0.1) is 5.10 Å². The number of halogens is 4. The monoisotopic (exact) mass is 582 g/mol. The number of nitrogens with zero attached hydrogens (tertiary/aromatic N) is 5. The lowest BCUT2D eigenvalue weighted by Crippen LogP contribution is -2.32. The summed E-state index contributed by atoms with van der Waals surface area (Å²) in [4.78, 5) is 10.8. The maximum Gasteiger partial charge on any atom is 0.453 e. The Hall–Kier alpha value is -2.21. The molecule has 34 heavy (non-hydrogen) atoms. The molecule has 1 N–H and O–H groups in total. The molecule has 1 unspecified atom stereocenters. The Morgan fingerprint density at radius 3 is 2.44 bits per heavy atom. The molecule has 1 atom stereocenters. The maximum absolute atomic E-state index is 13.4. The van der Waals surface area contributed by atoms with Crippen LogP contribution in [0.1, 0.15) is 48.3 Å². The summed E-state index contributed by atoms with van der Waals surface area (Å²) >= 11 is 2.11. The van der Waals surface area contributed by atoms with E-state index < -0.39 is 12.0 Å². The molecule has 2 aromatic heterocycles. The zero-order valence-electron chi connectivity index (χ0n) is 18.9. The van der Waals surface area contributed by atoms with Crippen LogP contribution in [0.15, 0.2) is 30.3 Å². The molecular formula is C24H26F3IN6. The van der Waals surface area contributed by atoms with Gasteiger partial charge >= 0.3 is 6.18 Å². The lowest BCUT2D eigenvalue weighted by atomic mass is 10.0. The molecule has 1 aliphatic carbocycles. The Labute approximate surface area is 210 Å². The van der Waals surface area contributed by atoms with E-state index in [0.29, 0.717) is 17.4 Å². The average Bonchev–Trinajstić information content (AvgIpc) is 3.40. The van der Waals surface area contributed by atoms with E-state index >= 15 is 0 Å². The van der Waals surface area contributed by atoms with E-state index in [2.05, 4.69) is 53.9 Å². The molecule has 0 amide bonds. The highest BCUT2D eigenvalue weighted by Crippen LogP contribution is 2.31. The topological polar surface area (TPSA) is 58.9 Å². The maximum atomic E-state index is 13.4. The Balaban J connectivity index is 1.43. The Bertz CT molecular complexity index is 1170. The molecule has 0 spiro atoms. The smallest absolute Gasteiger partial charge is 0.324 e. The van der Waals surface area contributed by atoms with Crippen molar-refractivity contribution < 1.29 is 13.2 Å². The van der Waals surface area contributed by atoms with Gasteiger partial charge in [-0.25, -0.2) is 4.98 Å². The van der Waals surface area contributed by atoms with Crippen molar-refractivity contribution in [1.82, 2.24) is 24.6 Å². The second-order valence-corrected chi connectivity index (χ2v) is 10.3. The zero-order chi connectivity index (χ0) is 23.9. The minimum absolute atomic E-state index is 0.00950. The first-order valence-electron chi connectivity index (χ1n) is 11.6. The predicted octanol–water partition coefficient (Wildman–Crippen LogP) is 5.68. The molecule has 10 heteroatoms. The minimum Gasteiger partial charge on any atom is -0.324 e. The molecule has 6 nitrogen and oxygen atoms in total. The summed E-state index contributed by atoms with van der Waals surface area (Å²) in [6.07, 6.45) is 2.16. The summed E-state index contributed by atoms with van der Waals surface area (Å²) in [7, 11) is 0. The molecule has 180 valence electrons. The van der Waals surface area contributed by atoms with Crippen LogP contribution in [0.3, 0.4) is 0 Å². The highest BCUT2D eigenvalue weighted by atomic mass is 127. The third kappa shape index (κ3) is 5.07. The third-order valence-corrected chi connectivity index (χ3v) is 7.22. The number of pyridine rings is 1. The molecule has 0 radical (unpaired) electrons. The number of fused-ring (bicyclic) bond motifs is 1. The highest BCUT2D eigenvalue weighted by Gasteiger charge is 2.37. The number of rotatable bonds is 4. The van der Waals surface area contributed by atoms with Gasteiger partial charge in [0, 0.05) is 21.0 Å². The van der Waals surface area contributed by atoms with Crippen molar-refractivity contribution in [2.24, 2.45) is 0 Å². The van der Waals surface area contributed by atoms with Gasteiger partial charge in [-0.3, -0.25) is 0 Å². The molecule has 3 aromatic rings. The van der Waals surface area contributed by atoms with Gasteiger partial charge in [-0.2, -0.15) is 22.8 Å². The van der Waals surface area contributed by atoms with E-state index in [1.807, 2.05) is 18.2 Å². The number of nitrogens with one attached hydrogen (secondary N) is 1. The number of hydrogen-bond acceptors (Lipinski definition) is 5. The van der Waals surface area contributed by atoms with E-state index in [1.54, 1.807) is 13.0 Å². The Kier molecular flexibility index (Phi) is 6.54. The van der Waals surface area contributed by atoms with Crippen molar-refractivity contribution in [1.29, 1.82) is 0 Å². The Morgan fingerprint density at radius 2 is 1.74 bits per heavy atom. The molecule has 3 heterocycles. The molecular weight excluding hydrogens is 556 g/mol. The lowest BCUT2D eigenvalue weighted by molar-refractivity contribution is -0.144. The normalized spacial score (nSPS) is 19.1. The molecule has 1 aromatic carbocycles. The lowest BCUT2D eigenvalue weighted by Gasteiger charge is -2.25. The quantitative estimate of drug-likeness (QED) is 0.317. The fraction of sp³-hybridized carbons (Fsp3) is 0.458. The van der Waals surface area contributed by atoms with Crippen LogP contribution in [0.25, 0.3) is 5.82 Å². The SMILES string of the molecule is Cc1cc(I)cc(-n2nc(C(F)(F)F)nc2Nc2ccc3c(c2)CCC(N2CCCC2)CC3)n1. The highest BCUT2D eigenvalue weighted by molar-refractivity contribution is 14.1. The number of aromatic nitrogens is 4. The predicted molar refractivity (Wildman–Crippen MR) is 133 cm³/mol. The van der Waals surface area contributed by atoms with Crippen molar-refractivity contribution in [2.75, 3.05) is 18.4 Å². The van der Waals surface area contributed by atoms with Gasteiger partial charge in [0.25, 0.3) is 5.82 Å². The summed E-state index contributed by atoms with van der Waals surface area (Å²) in [5.74, 6) is -0.917. The van der Waals surface area contributed by atoms with Crippen LogP contribution in [0.2, 0.25) is 0 Å². The van der Waals surface area contributed by atoms with E-state index in [-0.39, 0.29) is 11.8 Å². The third-order valence-electron chi connectivity index (χ3n) is 6.60. The van der Waals surface area contributed by atoms with E-state index in [9.17, 15) is 13.2 Å². The van der Waals surface area contributed by atoms with Crippen LogP contribution >= 0.6 is 22.6 Å². The van der Waals surface area contributed by atoms with Gasteiger partial charge in [0.1, 0.15) is 0 Å². The van der Waals surface area contributed by atoms with Crippen LogP contribution in [-0.4, -0.2) is 43.8 Å². The van der Waals surface area contributed by atoms with Gasteiger partial charge in [-0.05, 0) is 117 Å². The van der Waals surface area contributed by atoms with Crippen molar-refractivity contribution in [2.45, 2.75) is 57.7 Å². The van der Waals surface area contributed by atoms with Crippen LogP contribution in [0.4, 0.5) is 24.8 Å². The van der Waals surface area contributed by atoms with Crippen LogP contribution in [-0.2, 0) is 19.0 Å². The minimum atomic E-state index is -4.66. The largest absolute Gasteiger partial charge is 0.453 e. The first-order valence-corrected chi connectivity index (χ1v) is 12.7. The van der Waals surface area contributed by atoms with Gasteiger partial charge in [0.2, 0.25) is 5.95 Å². The number of likely N-dealkylation sites (tertiary alicyclic amines) is 1. The van der Waals surface area contributed by atoms with Crippen molar-refractivity contribution >= 4 is 34.2 Å². The number of hydrogen-bond donors (Lipinski definition) is 1. The second kappa shape index (κ2) is 9.44. The standard InChI is InChI=1S/C24H26F3IN6/c1-15-12-18(28)14-21(29-15)34-23(31-22(32-34)24(25,26)27)30-19-7-4-16-5-8-20(9-6-17(16)13-19)33-10-2-3-11-33/h4,7,12-14,20H,2-3,5-6,8-11H2,1H3,(H,30,31,32). The molecule has 2 aliphatic rings. The van der Waals surface area contributed by atoms with Crippen molar-refractivity contribution in [3.05, 3.63) is 56.5 Å². The van der Waals surface area contributed by atoms with Crippen molar-refractivity contribution in [3.8, 4) is 5.82 Å². The van der Waals surface area contributed by atoms with Gasteiger partial charge in [0.05, 0.1) is 0 Å². The van der Waals surface area contributed by atoms with Gasteiger partial charge in [0.15, 0.2) is 5.82 Å². The first kappa shape index (κ1) is 23.5. The van der Waals surface area contributed by atoms with Crippen molar-refractivity contribution in [3.63, 3.8) is 0 Å². The first-order chi connectivity index (χ1) is 16.3. The molecule has 1 fully saturated rings. The van der Waals surface area contributed by atoms with E-state index in [0.717, 1.165) is 33.9 Å². The second-order valence-electron chi connectivity index (χ2n) is 9.04. The fourth-order valence-electron chi connectivity index (χ4n) is 4.96. The molecule has 0 bridgehead atoms. The summed E-state index contributed by atoms with van der Waals surface area (Å²) < 4.78 is 42.3. The fourth-order valence-corrected chi connectivity index (χ4v) is 5.69. The summed E-state index contributed by atoms with van der Waals surface area (Å²) in [6, 6.07) is 10.2. The Morgan fingerprint density at radius 1 is 1.00 bits per heavy atom. The molecule has 1 aliphatic heterocycles. The summed E-state index contributed by atoms with van der Waals surface area (Å²) in [5.41, 5.74) is 3.95. The number of benzene rings is 1. The zero-order valence-corrected chi connectivity index (χ0v) is 21.0. The number of aryl methyl sites for hydroxylation is 3. The van der Waals surface area contributed by atoms with Crippen LogP contribution in [0, 0.1) is 10.5 Å². The summed E-state index contributed by atoms with van der Waals surface area (Å²) in [5, 5.41) is 6.81. The molecule has 1 saturated heterocycles. The number of alkyl halides is 3. The van der Waals surface area contributed by atoms with Crippen LogP contribution < -0.4 is 5.32 Å². The molecule has 5 rings (SSSR count). The van der Waals surface area contributed by atoms with E-state index in [1.165, 1.54) is 37.1 Å². The van der Waals surface area contributed by atoms with Crippen LogP contribution in [0.5, 0.6) is 0 Å². The van der Waals surface area contributed by atoms with Gasteiger partial charge < -0.3 is 10.2 Å². The summed E-state index contributed by atoms with van der Waals surface area (Å²) in [6.45, 7) is 4.18. The van der Waals surface area contributed by atoms with Gasteiger partial charge in [-0.1, -0.05) is 6.07 Å². The van der Waals surface area contributed by atoms with E-state index in [4.69, 9.17) is 0 Å². The number of anilines is 2. The average molecular weight is 582 g/mol. The molecule has 0 saturated carbocycles.